The Hall–Kier alpha value is -1.00. The van der Waals surface area contributed by atoms with Crippen molar-refractivity contribution >= 4 is 14.0 Å². The molecule has 0 saturated heterocycles. The molecule has 1 heterocycles. The molecule has 0 fully saturated rings. The van der Waals surface area contributed by atoms with Gasteiger partial charge in [0.25, 0.3) is 0 Å². The Morgan fingerprint density at radius 3 is 2.67 bits per heavy atom. The smallest absolute Gasteiger partial charge is 0.187 e. The molecule has 1 aliphatic rings. The molecule has 0 aromatic heterocycles. The second-order valence-corrected chi connectivity index (χ2v) is 11.8. The number of nitrogens with zero attached hydrogens (tertiary/aromatic N) is 1. The van der Waals surface area contributed by atoms with E-state index in [1.54, 1.807) is 12.1 Å². The number of aliphatic imine (C=N–C) groups is 1. The van der Waals surface area contributed by atoms with Gasteiger partial charge in [-0.05, 0) is 42.2 Å². The molecule has 1 aliphatic heterocycles. The molecule has 0 saturated carbocycles. The highest BCUT2D eigenvalue weighted by Gasteiger charge is 2.33. The van der Waals surface area contributed by atoms with Crippen LogP contribution in [0.4, 0.5) is 4.39 Å². The molecule has 0 N–H and O–H groups in total. The largest absolute Gasteiger partial charge is 0.412 e. The van der Waals surface area contributed by atoms with E-state index in [4.69, 9.17) is 4.43 Å². The molecular weight excluding hydrogens is 281 g/mol. The molecule has 0 aliphatic carbocycles. The molecule has 116 valence electrons. The van der Waals surface area contributed by atoms with Crippen LogP contribution in [0.3, 0.4) is 0 Å². The minimum absolute atomic E-state index is 0.160. The Bertz CT molecular complexity index is 534. The quantitative estimate of drug-likeness (QED) is 0.742. The summed E-state index contributed by atoms with van der Waals surface area (Å²) in [7, 11) is -1.69. The molecule has 1 aromatic rings. The predicted molar refractivity (Wildman–Crippen MR) is 89.0 cm³/mol. The van der Waals surface area contributed by atoms with Crippen LogP contribution in [0.1, 0.15) is 32.8 Å². The second kappa shape index (κ2) is 6.01. The van der Waals surface area contributed by atoms with Gasteiger partial charge >= 0.3 is 0 Å². The van der Waals surface area contributed by atoms with E-state index in [1.807, 2.05) is 6.07 Å². The van der Waals surface area contributed by atoms with E-state index in [9.17, 15) is 4.39 Å². The van der Waals surface area contributed by atoms with Crippen molar-refractivity contribution in [2.75, 3.05) is 6.54 Å². The van der Waals surface area contributed by atoms with E-state index in [0.717, 1.165) is 23.7 Å². The van der Waals surface area contributed by atoms with Crippen LogP contribution in [-0.2, 0) is 4.43 Å². The molecule has 2 nitrogen and oxygen atoms in total. The van der Waals surface area contributed by atoms with Crippen LogP contribution in [0.5, 0.6) is 0 Å². The van der Waals surface area contributed by atoms with Gasteiger partial charge in [0.05, 0.1) is 12.6 Å². The summed E-state index contributed by atoms with van der Waals surface area (Å²) in [6, 6.07) is 7.80. The van der Waals surface area contributed by atoms with E-state index >= 15 is 0 Å². The fourth-order valence-electron chi connectivity index (χ4n) is 3.28. The van der Waals surface area contributed by atoms with Crippen molar-refractivity contribution in [3.8, 4) is 0 Å². The number of rotatable bonds is 4. The van der Waals surface area contributed by atoms with E-state index in [2.05, 4.69) is 38.9 Å². The molecule has 0 spiro atoms. The fraction of sp³-hybridized carbons (Fsp3) is 0.588. The van der Waals surface area contributed by atoms with Crippen molar-refractivity contribution in [3.63, 3.8) is 0 Å². The maximum absolute atomic E-state index is 13.3. The Morgan fingerprint density at radius 2 is 2.05 bits per heavy atom. The standard InChI is InChI=1S/C17H26FNOSi/c1-17(2,3)12-21(4,5)20-15-10-16(19-11-15)13-7-6-8-14(18)9-13/h6-9,15H,10-12H2,1-5H3/t15-/m1/s1. The number of halogens is 1. The van der Waals surface area contributed by atoms with Crippen molar-refractivity contribution in [1.82, 2.24) is 0 Å². The first-order chi connectivity index (χ1) is 9.65. The van der Waals surface area contributed by atoms with Crippen molar-refractivity contribution in [1.29, 1.82) is 0 Å². The van der Waals surface area contributed by atoms with Crippen molar-refractivity contribution in [3.05, 3.63) is 35.6 Å². The summed E-state index contributed by atoms with van der Waals surface area (Å²) in [5, 5.41) is 0. The van der Waals surface area contributed by atoms with Gasteiger partial charge in [-0.2, -0.15) is 0 Å². The first kappa shape index (κ1) is 16.4. The lowest BCUT2D eigenvalue weighted by atomic mass is 10.0. The minimum Gasteiger partial charge on any atom is -0.412 e. The van der Waals surface area contributed by atoms with Crippen LogP contribution in [0.15, 0.2) is 29.3 Å². The Kier molecular flexibility index (Phi) is 4.68. The molecule has 0 bridgehead atoms. The highest BCUT2D eigenvalue weighted by Crippen LogP contribution is 2.30. The van der Waals surface area contributed by atoms with Gasteiger partial charge in [-0.3, -0.25) is 4.99 Å². The van der Waals surface area contributed by atoms with E-state index in [0.29, 0.717) is 12.0 Å². The van der Waals surface area contributed by atoms with Crippen LogP contribution >= 0.6 is 0 Å². The molecule has 4 heteroatoms. The molecule has 0 amide bonds. The summed E-state index contributed by atoms with van der Waals surface area (Å²) in [5.74, 6) is -0.206. The summed E-state index contributed by atoms with van der Waals surface area (Å²) < 4.78 is 19.7. The van der Waals surface area contributed by atoms with E-state index < -0.39 is 8.32 Å². The molecule has 0 radical (unpaired) electrons. The van der Waals surface area contributed by atoms with Gasteiger partial charge in [0.15, 0.2) is 8.32 Å². The molecule has 21 heavy (non-hydrogen) atoms. The van der Waals surface area contributed by atoms with Gasteiger partial charge in [0.1, 0.15) is 5.82 Å². The van der Waals surface area contributed by atoms with E-state index in [1.165, 1.54) is 6.07 Å². The third-order valence-corrected chi connectivity index (χ3v) is 6.39. The summed E-state index contributed by atoms with van der Waals surface area (Å²) in [6.45, 7) is 12.0. The average Bonchev–Trinajstić information content (AvgIpc) is 2.73. The maximum atomic E-state index is 13.3. The topological polar surface area (TPSA) is 21.6 Å². The van der Waals surface area contributed by atoms with Gasteiger partial charge in [-0.15, -0.1) is 0 Å². The van der Waals surface area contributed by atoms with Gasteiger partial charge in [0, 0.05) is 12.1 Å². The maximum Gasteiger partial charge on any atom is 0.187 e. The van der Waals surface area contributed by atoms with Crippen LogP contribution < -0.4 is 0 Å². The van der Waals surface area contributed by atoms with Crippen LogP contribution in [0.25, 0.3) is 0 Å². The number of hydrogen-bond donors (Lipinski definition) is 0. The molecular formula is C17H26FNOSi. The zero-order valence-corrected chi connectivity index (χ0v) is 14.7. The Labute approximate surface area is 128 Å². The molecule has 1 aromatic carbocycles. The van der Waals surface area contributed by atoms with Gasteiger partial charge in [-0.1, -0.05) is 32.9 Å². The third-order valence-electron chi connectivity index (χ3n) is 3.51. The Balaban J connectivity index is 1.96. The van der Waals surface area contributed by atoms with Crippen LogP contribution in [-0.4, -0.2) is 26.7 Å². The zero-order chi connectivity index (χ0) is 15.7. The lowest BCUT2D eigenvalue weighted by Crippen LogP contribution is -2.39. The van der Waals surface area contributed by atoms with Crippen molar-refractivity contribution in [2.24, 2.45) is 10.4 Å². The second-order valence-electron chi connectivity index (χ2n) is 7.74. The summed E-state index contributed by atoms with van der Waals surface area (Å²) >= 11 is 0. The van der Waals surface area contributed by atoms with Gasteiger partial charge in [-0.25, -0.2) is 4.39 Å². The van der Waals surface area contributed by atoms with Crippen LogP contribution in [0.2, 0.25) is 19.1 Å². The van der Waals surface area contributed by atoms with Crippen LogP contribution in [0, 0.1) is 11.2 Å². The average molecular weight is 307 g/mol. The zero-order valence-electron chi connectivity index (χ0n) is 13.7. The SMILES string of the molecule is CC(C)(C)C[Si](C)(C)O[C@H]1CN=C(c2cccc(F)c2)C1. The fourth-order valence-corrected chi connectivity index (χ4v) is 6.98. The first-order valence-electron chi connectivity index (χ1n) is 7.62. The minimum atomic E-state index is -1.69. The number of benzene rings is 1. The predicted octanol–water partition coefficient (Wildman–Crippen LogP) is 4.65. The van der Waals surface area contributed by atoms with E-state index in [-0.39, 0.29) is 11.9 Å². The lowest BCUT2D eigenvalue weighted by molar-refractivity contribution is 0.209. The third kappa shape index (κ3) is 5.04. The van der Waals surface area contributed by atoms with Gasteiger partial charge < -0.3 is 4.43 Å². The lowest BCUT2D eigenvalue weighted by Gasteiger charge is -2.32. The highest BCUT2D eigenvalue weighted by atomic mass is 28.4. The monoisotopic (exact) mass is 307 g/mol. The Morgan fingerprint density at radius 1 is 1.33 bits per heavy atom. The summed E-state index contributed by atoms with van der Waals surface area (Å²) in [4.78, 5) is 4.56. The van der Waals surface area contributed by atoms with Crippen molar-refractivity contribution in [2.45, 2.75) is 52.4 Å². The van der Waals surface area contributed by atoms with Gasteiger partial charge in [0.2, 0.25) is 0 Å². The number of hydrogen-bond acceptors (Lipinski definition) is 2. The molecule has 0 unspecified atom stereocenters. The summed E-state index contributed by atoms with van der Waals surface area (Å²) in [6.07, 6.45) is 0.955. The van der Waals surface area contributed by atoms with Crippen molar-refractivity contribution < 1.29 is 8.82 Å². The first-order valence-corrected chi connectivity index (χ1v) is 10.7. The molecule has 1 atom stereocenters. The highest BCUT2D eigenvalue weighted by molar-refractivity contribution is 6.71. The molecule has 2 rings (SSSR count). The summed E-state index contributed by atoms with van der Waals surface area (Å²) in [5.41, 5.74) is 2.15. The normalized spacial score (nSPS) is 19.7.